The standard InChI is InChI=1S/C14H20ClFN2O/c1-9(2)10(3)18(4)8-14(19)17-11-5-6-13(16)12(15)7-11/h5-7,9-10H,8H2,1-4H3,(H,17,19)/t10-/m1/s1. The number of carbonyl (C=O) groups excluding carboxylic acids is 1. The van der Waals surface area contributed by atoms with E-state index >= 15 is 0 Å². The van der Waals surface area contributed by atoms with Crippen LogP contribution in [0.2, 0.25) is 5.02 Å². The molecule has 1 aromatic rings. The lowest BCUT2D eigenvalue weighted by molar-refractivity contribution is -0.117. The van der Waals surface area contributed by atoms with E-state index in [-0.39, 0.29) is 17.5 Å². The van der Waals surface area contributed by atoms with Crippen molar-refractivity contribution in [2.24, 2.45) is 5.92 Å². The van der Waals surface area contributed by atoms with Crippen molar-refractivity contribution in [3.63, 3.8) is 0 Å². The SMILES string of the molecule is CC(C)[C@@H](C)N(C)CC(=O)Nc1ccc(F)c(Cl)c1. The molecule has 0 fully saturated rings. The zero-order valence-corrected chi connectivity index (χ0v) is 12.5. The minimum Gasteiger partial charge on any atom is -0.325 e. The Bertz CT molecular complexity index is 451. The molecule has 1 N–H and O–H groups in total. The summed E-state index contributed by atoms with van der Waals surface area (Å²) < 4.78 is 13.0. The summed E-state index contributed by atoms with van der Waals surface area (Å²) in [5.74, 6) is -0.166. The van der Waals surface area contributed by atoms with Gasteiger partial charge in [0.2, 0.25) is 5.91 Å². The largest absolute Gasteiger partial charge is 0.325 e. The highest BCUT2D eigenvalue weighted by Gasteiger charge is 2.16. The molecule has 0 saturated carbocycles. The van der Waals surface area contributed by atoms with E-state index < -0.39 is 5.82 Å². The predicted octanol–water partition coefficient (Wildman–Crippen LogP) is 3.39. The first kappa shape index (κ1) is 15.9. The second-order valence-corrected chi connectivity index (χ2v) is 5.48. The number of amides is 1. The Kier molecular flexibility index (Phi) is 5.76. The van der Waals surface area contributed by atoms with Gasteiger partial charge in [0.05, 0.1) is 11.6 Å². The van der Waals surface area contributed by atoms with Gasteiger partial charge in [-0.3, -0.25) is 9.69 Å². The third kappa shape index (κ3) is 4.80. The van der Waals surface area contributed by atoms with Crippen LogP contribution in [-0.4, -0.2) is 30.4 Å². The molecule has 0 unspecified atom stereocenters. The molecular formula is C14H20ClFN2O. The van der Waals surface area contributed by atoms with Crippen LogP contribution in [-0.2, 0) is 4.79 Å². The number of anilines is 1. The lowest BCUT2D eigenvalue weighted by Crippen LogP contribution is -2.39. The molecule has 0 heterocycles. The van der Waals surface area contributed by atoms with Crippen LogP contribution in [0.15, 0.2) is 18.2 Å². The Hall–Kier alpha value is -1.13. The van der Waals surface area contributed by atoms with Crippen LogP contribution in [0, 0.1) is 11.7 Å². The van der Waals surface area contributed by atoms with Crippen LogP contribution >= 0.6 is 11.6 Å². The highest BCUT2D eigenvalue weighted by atomic mass is 35.5. The number of hydrogen-bond donors (Lipinski definition) is 1. The van der Waals surface area contributed by atoms with Crippen molar-refractivity contribution >= 4 is 23.2 Å². The summed E-state index contributed by atoms with van der Waals surface area (Å²) in [7, 11) is 1.90. The van der Waals surface area contributed by atoms with E-state index in [9.17, 15) is 9.18 Å². The molecule has 106 valence electrons. The fourth-order valence-electron chi connectivity index (χ4n) is 1.65. The van der Waals surface area contributed by atoms with Crippen LogP contribution in [0.4, 0.5) is 10.1 Å². The number of halogens is 2. The number of nitrogens with zero attached hydrogens (tertiary/aromatic N) is 1. The van der Waals surface area contributed by atoms with Crippen LogP contribution in [0.25, 0.3) is 0 Å². The minimum absolute atomic E-state index is 0.00158. The molecule has 1 rings (SSSR count). The Labute approximate surface area is 118 Å². The van der Waals surface area contributed by atoms with Crippen molar-refractivity contribution in [1.29, 1.82) is 0 Å². The summed E-state index contributed by atoms with van der Waals surface area (Å²) in [6.45, 7) is 6.58. The average molecular weight is 287 g/mol. The second-order valence-electron chi connectivity index (χ2n) is 5.08. The summed E-state index contributed by atoms with van der Waals surface area (Å²) in [5, 5.41) is 2.70. The van der Waals surface area contributed by atoms with Crippen molar-refractivity contribution in [1.82, 2.24) is 4.90 Å². The van der Waals surface area contributed by atoms with Crippen LogP contribution in [0.3, 0.4) is 0 Å². The van der Waals surface area contributed by atoms with Gasteiger partial charge in [-0.1, -0.05) is 25.4 Å². The smallest absolute Gasteiger partial charge is 0.238 e. The van der Waals surface area contributed by atoms with Crippen molar-refractivity contribution < 1.29 is 9.18 Å². The van der Waals surface area contributed by atoms with E-state index in [1.807, 2.05) is 11.9 Å². The molecule has 0 aliphatic heterocycles. The molecule has 0 aliphatic carbocycles. The molecule has 5 heteroatoms. The number of likely N-dealkylation sites (N-methyl/N-ethyl adjacent to an activating group) is 1. The van der Waals surface area contributed by atoms with Gasteiger partial charge in [-0.15, -0.1) is 0 Å². The van der Waals surface area contributed by atoms with E-state index in [1.54, 1.807) is 0 Å². The zero-order valence-electron chi connectivity index (χ0n) is 11.7. The van der Waals surface area contributed by atoms with Gasteiger partial charge in [0.1, 0.15) is 5.82 Å². The molecule has 0 spiro atoms. The normalized spacial score (nSPS) is 12.8. The van der Waals surface area contributed by atoms with E-state index in [0.717, 1.165) is 0 Å². The minimum atomic E-state index is -0.495. The van der Waals surface area contributed by atoms with Gasteiger partial charge < -0.3 is 5.32 Å². The topological polar surface area (TPSA) is 32.3 Å². The first-order valence-electron chi connectivity index (χ1n) is 6.26. The summed E-state index contributed by atoms with van der Waals surface area (Å²) in [5.41, 5.74) is 0.502. The first-order valence-corrected chi connectivity index (χ1v) is 6.64. The molecular weight excluding hydrogens is 267 g/mol. The number of benzene rings is 1. The summed E-state index contributed by atoms with van der Waals surface area (Å²) in [6.07, 6.45) is 0. The first-order chi connectivity index (χ1) is 8.81. The molecule has 0 radical (unpaired) electrons. The third-order valence-corrected chi connectivity index (χ3v) is 3.55. The molecule has 1 atom stereocenters. The second kappa shape index (κ2) is 6.87. The quantitative estimate of drug-likeness (QED) is 0.900. The Morgan fingerprint density at radius 3 is 2.58 bits per heavy atom. The molecule has 0 saturated heterocycles. The van der Waals surface area contributed by atoms with Crippen molar-refractivity contribution in [2.75, 3.05) is 18.9 Å². The van der Waals surface area contributed by atoms with E-state index in [1.165, 1.54) is 18.2 Å². The van der Waals surface area contributed by atoms with Crippen molar-refractivity contribution in [3.05, 3.63) is 29.0 Å². The van der Waals surface area contributed by atoms with Gasteiger partial charge >= 0.3 is 0 Å². The average Bonchev–Trinajstić information content (AvgIpc) is 2.32. The van der Waals surface area contributed by atoms with Crippen molar-refractivity contribution in [2.45, 2.75) is 26.8 Å². The monoisotopic (exact) mass is 286 g/mol. The fraction of sp³-hybridized carbons (Fsp3) is 0.500. The van der Waals surface area contributed by atoms with Gasteiger partial charge in [-0.05, 0) is 38.1 Å². The maximum Gasteiger partial charge on any atom is 0.238 e. The highest BCUT2D eigenvalue weighted by molar-refractivity contribution is 6.31. The summed E-state index contributed by atoms with van der Waals surface area (Å²) in [4.78, 5) is 13.8. The lowest BCUT2D eigenvalue weighted by Gasteiger charge is -2.27. The summed E-state index contributed by atoms with van der Waals surface area (Å²) in [6, 6.07) is 4.44. The van der Waals surface area contributed by atoms with Crippen LogP contribution in [0.1, 0.15) is 20.8 Å². The Balaban J connectivity index is 2.58. The van der Waals surface area contributed by atoms with Gasteiger partial charge in [0.25, 0.3) is 0 Å². The summed E-state index contributed by atoms with van der Waals surface area (Å²) >= 11 is 5.66. The number of rotatable bonds is 5. The number of carbonyl (C=O) groups is 1. The van der Waals surface area contributed by atoms with E-state index in [2.05, 4.69) is 26.1 Å². The molecule has 19 heavy (non-hydrogen) atoms. The number of hydrogen-bond acceptors (Lipinski definition) is 2. The van der Waals surface area contributed by atoms with Crippen molar-refractivity contribution in [3.8, 4) is 0 Å². The molecule has 1 amide bonds. The van der Waals surface area contributed by atoms with E-state index in [4.69, 9.17) is 11.6 Å². The Morgan fingerprint density at radius 1 is 1.42 bits per heavy atom. The molecule has 0 aliphatic rings. The van der Waals surface area contributed by atoms with Crippen LogP contribution < -0.4 is 5.32 Å². The Morgan fingerprint density at radius 2 is 2.05 bits per heavy atom. The zero-order chi connectivity index (χ0) is 14.6. The number of nitrogens with one attached hydrogen (secondary N) is 1. The maximum atomic E-state index is 13.0. The van der Waals surface area contributed by atoms with Gasteiger partial charge in [-0.2, -0.15) is 0 Å². The van der Waals surface area contributed by atoms with Gasteiger partial charge in [0.15, 0.2) is 0 Å². The fourth-order valence-corrected chi connectivity index (χ4v) is 1.83. The lowest BCUT2D eigenvalue weighted by atomic mass is 10.1. The third-order valence-electron chi connectivity index (χ3n) is 3.26. The molecule has 3 nitrogen and oxygen atoms in total. The predicted molar refractivity (Wildman–Crippen MR) is 77.0 cm³/mol. The van der Waals surface area contributed by atoms with Crippen LogP contribution in [0.5, 0.6) is 0 Å². The maximum absolute atomic E-state index is 13.0. The van der Waals surface area contributed by atoms with Gasteiger partial charge in [-0.25, -0.2) is 4.39 Å². The van der Waals surface area contributed by atoms with Gasteiger partial charge in [0, 0.05) is 11.7 Å². The van der Waals surface area contributed by atoms with E-state index in [0.29, 0.717) is 17.6 Å². The molecule has 1 aromatic carbocycles. The molecule has 0 aromatic heterocycles. The highest BCUT2D eigenvalue weighted by Crippen LogP contribution is 2.19. The molecule has 0 bridgehead atoms.